The molecule has 4 aromatic rings. The molecule has 35 heavy (non-hydrogen) atoms. The summed E-state index contributed by atoms with van der Waals surface area (Å²) in [5.41, 5.74) is 4.79. The van der Waals surface area contributed by atoms with E-state index in [2.05, 4.69) is 70.5 Å². The van der Waals surface area contributed by atoms with E-state index in [1.165, 1.54) is 0 Å². The minimum absolute atomic E-state index is 0.272. The van der Waals surface area contributed by atoms with Crippen molar-refractivity contribution >= 4 is 22.7 Å². The lowest BCUT2D eigenvalue weighted by molar-refractivity contribution is -0.0687. The third-order valence-electron chi connectivity index (χ3n) is 6.24. The highest BCUT2D eigenvalue weighted by atomic mass is 16.5. The lowest BCUT2D eigenvalue weighted by atomic mass is 10.1. The van der Waals surface area contributed by atoms with Crippen molar-refractivity contribution < 1.29 is 4.74 Å². The molecule has 9 nitrogen and oxygen atoms in total. The largest absolute Gasteiger partial charge is 0.373 e. The number of rotatable bonds is 7. The van der Waals surface area contributed by atoms with Gasteiger partial charge in [0, 0.05) is 43.2 Å². The van der Waals surface area contributed by atoms with Crippen molar-refractivity contribution in [2.45, 2.75) is 52.4 Å². The average molecular weight is 473 g/mol. The van der Waals surface area contributed by atoms with Gasteiger partial charge in [-0.1, -0.05) is 13.8 Å². The predicted octanol–water partition coefficient (Wildman–Crippen LogP) is 4.26. The van der Waals surface area contributed by atoms with Gasteiger partial charge in [0.15, 0.2) is 5.82 Å². The molecule has 0 aromatic carbocycles. The lowest BCUT2D eigenvalue weighted by Crippen LogP contribution is -2.46. The summed E-state index contributed by atoms with van der Waals surface area (Å²) < 4.78 is 7.83. The van der Waals surface area contributed by atoms with E-state index in [1.807, 2.05) is 35.3 Å². The summed E-state index contributed by atoms with van der Waals surface area (Å²) >= 11 is 0. The van der Waals surface area contributed by atoms with E-state index in [4.69, 9.17) is 9.72 Å². The number of ether oxygens (including phenoxy) is 1. The van der Waals surface area contributed by atoms with Crippen molar-refractivity contribution in [2.24, 2.45) is 0 Å². The molecule has 1 N–H and O–H groups in total. The summed E-state index contributed by atoms with van der Waals surface area (Å²) in [7, 11) is 0. The molecule has 5 rings (SSSR count). The van der Waals surface area contributed by atoms with Crippen LogP contribution >= 0.6 is 0 Å². The average Bonchev–Trinajstić information content (AvgIpc) is 3.31. The van der Waals surface area contributed by atoms with Crippen LogP contribution in [0.25, 0.3) is 22.2 Å². The Morgan fingerprint density at radius 1 is 0.971 bits per heavy atom. The van der Waals surface area contributed by atoms with Gasteiger partial charge in [0.05, 0.1) is 42.2 Å². The van der Waals surface area contributed by atoms with Crippen molar-refractivity contribution in [3.8, 4) is 11.1 Å². The van der Waals surface area contributed by atoms with Crippen LogP contribution in [0, 0.1) is 0 Å². The van der Waals surface area contributed by atoms with Gasteiger partial charge in [-0.2, -0.15) is 10.2 Å². The Morgan fingerprint density at radius 2 is 1.80 bits per heavy atom. The highest BCUT2D eigenvalue weighted by Crippen LogP contribution is 2.24. The Hall–Kier alpha value is -3.43. The molecule has 1 aliphatic rings. The number of hydrogen-bond acceptors (Lipinski definition) is 8. The van der Waals surface area contributed by atoms with Gasteiger partial charge in [-0.05, 0) is 49.6 Å². The normalized spacial score (nSPS) is 18.9. The molecule has 1 saturated heterocycles. The van der Waals surface area contributed by atoms with E-state index in [0.29, 0.717) is 17.6 Å². The fraction of sp³-hybridized carbons (Fsp3) is 0.423. The number of morpholine rings is 1. The first-order valence-electron chi connectivity index (χ1n) is 12.2. The van der Waals surface area contributed by atoms with E-state index in [9.17, 15) is 0 Å². The van der Waals surface area contributed by atoms with Crippen molar-refractivity contribution in [1.82, 2.24) is 34.8 Å². The van der Waals surface area contributed by atoms with E-state index < -0.39 is 0 Å². The summed E-state index contributed by atoms with van der Waals surface area (Å²) in [6, 6.07) is 7.92. The summed E-state index contributed by atoms with van der Waals surface area (Å²) in [6.45, 7) is 12.2. The third-order valence-corrected chi connectivity index (χ3v) is 6.24. The summed E-state index contributed by atoms with van der Waals surface area (Å²) in [6.07, 6.45) is 8.18. The first kappa shape index (κ1) is 23.3. The molecule has 182 valence electrons. The predicted molar refractivity (Wildman–Crippen MR) is 137 cm³/mol. The Morgan fingerprint density at radius 3 is 2.60 bits per heavy atom. The van der Waals surface area contributed by atoms with Crippen LogP contribution in [0.5, 0.6) is 0 Å². The Bertz CT molecular complexity index is 1290. The van der Waals surface area contributed by atoms with Crippen LogP contribution in [0.1, 0.15) is 39.2 Å². The van der Waals surface area contributed by atoms with Crippen LogP contribution in [0.4, 0.5) is 11.6 Å². The maximum absolute atomic E-state index is 5.83. The fourth-order valence-electron chi connectivity index (χ4n) is 4.47. The maximum Gasteiger partial charge on any atom is 0.154 e. The zero-order valence-electron chi connectivity index (χ0n) is 20.7. The molecule has 0 saturated carbocycles. The highest BCUT2D eigenvalue weighted by Gasteiger charge is 2.21. The number of fused-ring (bicyclic) bond motifs is 1. The van der Waals surface area contributed by atoms with E-state index in [0.717, 1.165) is 53.9 Å². The molecule has 9 heteroatoms. The van der Waals surface area contributed by atoms with Gasteiger partial charge >= 0.3 is 0 Å². The monoisotopic (exact) mass is 472 g/mol. The van der Waals surface area contributed by atoms with Gasteiger partial charge < -0.3 is 10.1 Å². The smallest absolute Gasteiger partial charge is 0.154 e. The first-order chi connectivity index (χ1) is 16.9. The van der Waals surface area contributed by atoms with Crippen LogP contribution in [0.2, 0.25) is 0 Å². The van der Waals surface area contributed by atoms with E-state index in [-0.39, 0.29) is 12.2 Å². The first-order valence-corrected chi connectivity index (χ1v) is 12.2. The molecule has 1 fully saturated rings. The third kappa shape index (κ3) is 5.63. The van der Waals surface area contributed by atoms with Crippen LogP contribution in [0.3, 0.4) is 0 Å². The lowest BCUT2D eigenvalue weighted by Gasteiger charge is -2.35. The number of nitrogens with zero attached hydrogens (tertiary/aromatic N) is 7. The molecule has 0 aliphatic carbocycles. The molecule has 2 atom stereocenters. The number of aromatic nitrogens is 6. The molecule has 0 radical (unpaired) electrons. The molecule has 0 spiro atoms. The quantitative estimate of drug-likeness (QED) is 0.426. The molecule has 1 aliphatic heterocycles. The molecule has 4 aromatic heterocycles. The Kier molecular flexibility index (Phi) is 6.70. The zero-order valence-corrected chi connectivity index (χ0v) is 20.7. The van der Waals surface area contributed by atoms with Crippen LogP contribution < -0.4 is 5.32 Å². The summed E-state index contributed by atoms with van der Waals surface area (Å²) in [5, 5.41) is 16.1. The molecule has 5 heterocycles. The van der Waals surface area contributed by atoms with Crippen molar-refractivity contribution in [3.05, 3.63) is 54.6 Å². The topological polar surface area (TPSA) is 93.9 Å². The molecular formula is C26H32N8O. The van der Waals surface area contributed by atoms with Crippen LogP contribution in [0.15, 0.2) is 49.1 Å². The van der Waals surface area contributed by atoms with Gasteiger partial charge in [-0.25, -0.2) is 4.98 Å². The molecule has 0 bridgehead atoms. The second kappa shape index (κ2) is 10.1. The van der Waals surface area contributed by atoms with E-state index >= 15 is 0 Å². The summed E-state index contributed by atoms with van der Waals surface area (Å²) in [4.78, 5) is 11.8. The van der Waals surface area contributed by atoms with Gasteiger partial charge in [0.2, 0.25) is 0 Å². The fourth-order valence-corrected chi connectivity index (χ4v) is 4.47. The van der Waals surface area contributed by atoms with Crippen LogP contribution in [-0.2, 0) is 11.3 Å². The number of pyridine rings is 2. The van der Waals surface area contributed by atoms with Gasteiger partial charge in [0.1, 0.15) is 5.82 Å². The minimum Gasteiger partial charge on any atom is -0.373 e. The van der Waals surface area contributed by atoms with Gasteiger partial charge in [0.25, 0.3) is 0 Å². The molecule has 0 unspecified atom stereocenters. The van der Waals surface area contributed by atoms with Gasteiger partial charge in [-0.3, -0.25) is 14.6 Å². The van der Waals surface area contributed by atoms with Crippen molar-refractivity contribution in [2.75, 3.05) is 25.0 Å². The second-order valence-electron chi connectivity index (χ2n) is 9.62. The maximum atomic E-state index is 5.83. The molecule has 0 amide bonds. The Balaban J connectivity index is 1.29. The Labute approximate surface area is 205 Å². The number of nitrogens with one attached hydrogen (secondary N) is 1. The van der Waals surface area contributed by atoms with Crippen LogP contribution in [-0.4, -0.2) is 66.7 Å². The zero-order chi connectivity index (χ0) is 24.4. The second-order valence-corrected chi connectivity index (χ2v) is 9.62. The van der Waals surface area contributed by atoms with E-state index in [1.54, 1.807) is 6.20 Å². The minimum atomic E-state index is 0.272. The standard InChI is InChI=1S/C26H32N8O/c1-17(2)20-10-26(32-28-12-20)31-25-6-5-23-24(30-25)9-21(11-27-23)22-13-29-34(16-22)8-7-33-14-18(3)35-19(4)15-33/h5-6,9-13,16-19H,7-8,14-15H2,1-4H3,(H,30,31,32)/t18-,19-/m0/s1. The summed E-state index contributed by atoms with van der Waals surface area (Å²) in [5.74, 6) is 1.76. The molecular weight excluding hydrogens is 440 g/mol. The SMILES string of the molecule is CC(C)c1cnnc(Nc2ccc3ncc(-c4cnn(CCN5C[C@H](C)O[C@@H](C)C5)c4)cc3n2)c1. The van der Waals surface area contributed by atoms with Crippen molar-refractivity contribution in [1.29, 1.82) is 0 Å². The number of hydrogen-bond donors (Lipinski definition) is 1. The highest BCUT2D eigenvalue weighted by molar-refractivity contribution is 5.81. The van der Waals surface area contributed by atoms with Gasteiger partial charge in [-0.15, -0.1) is 5.10 Å². The van der Waals surface area contributed by atoms with Crippen molar-refractivity contribution in [3.63, 3.8) is 0 Å². The number of anilines is 2.